The molecule has 0 aliphatic heterocycles. The molecule has 5 nitrogen and oxygen atoms in total. The Bertz CT molecular complexity index is 1090. The van der Waals surface area contributed by atoms with Gasteiger partial charge in [-0.05, 0) is 60.7 Å². The van der Waals surface area contributed by atoms with Crippen LogP contribution in [0.3, 0.4) is 0 Å². The summed E-state index contributed by atoms with van der Waals surface area (Å²) in [5.41, 5.74) is 1.31. The van der Waals surface area contributed by atoms with E-state index >= 15 is 0 Å². The van der Waals surface area contributed by atoms with E-state index in [0.29, 0.717) is 39.0 Å². The van der Waals surface area contributed by atoms with Crippen molar-refractivity contribution < 1.29 is 23.8 Å². The van der Waals surface area contributed by atoms with Crippen LogP contribution in [0.25, 0.3) is 6.08 Å². The lowest BCUT2D eigenvalue weighted by atomic mass is 10.1. The molecule has 0 N–H and O–H groups in total. The van der Waals surface area contributed by atoms with Crippen molar-refractivity contribution in [3.8, 4) is 17.2 Å². The third-order valence-electron chi connectivity index (χ3n) is 4.29. The number of methoxy groups -OCH3 is 2. The molecule has 3 aromatic carbocycles. The summed E-state index contributed by atoms with van der Waals surface area (Å²) in [5, 5.41) is 0.529. The number of esters is 1. The molecule has 6 heteroatoms. The molecular weight excluding hydrogens is 404 g/mol. The fourth-order valence-electron chi connectivity index (χ4n) is 2.72. The van der Waals surface area contributed by atoms with E-state index in [0.717, 1.165) is 0 Å². The molecule has 0 saturated heterocycles. The molecule has 0 aliphatic carbocycles. The lowest BCUT2D eigenvalue weighted by Gasteiger charge is -2.09. The van der Waals surface area contributed by atoms with Gasteiger partial charge in [-0.2, -0.15) is 0 Å². The summed E-state index contributed by atoms with van der Waals surface area (Å²) in [6, 6.07) is 18.3. The van der Waals surface area contributed by atoms with Crippen molar-refractivity contribution >= 4 is 29.4 Å². The molecule has 152 valence electrons. The number of rotatable bonds is 7. The molecule has 30 heavy (non-hydrogen) atoms. The fourth-order valence-corrected chi connectivity index (χ4v) is 2.84. The van der Waals surface area contributed by atoms with E-state index in [1.165, 1.54) is 20.3 Å². The summed E-state index contributed by atoms with van der Waals surface area (Å²) < 4.78 is 15.9. The first-order valence-corrected chi connectivity index (χ1v) is 9.41. The van der Waals surface area contributed by atoms with Crippen LogP contribution in [0.4, 0.5) is 0 Å². The van der Waals surface area contributed by atoms with Gasteiger partial charge >= 0.3 is 5.97 Å². The van der Waals surface area contributed by atoms with Gasteiger partial charge in [0.2, 0.25) is 0 Å². The highest BCUT2D eigenvalue weighted by molar-refractivity contribution is 6.30. The van der Waals surface area contributed by atoms with Crippen LogP contribution < -0.4 is 14.2 Å². The van der Waals surface area contributed by atoms with Crippen LogP contribution in [-0.4, -0.2) is 26.0 Å². The Labute approximate surface area is 179 Å². The summed E-state index contributed by atoms with van der Waals surface area (Å²) in [7, 11) is 3.02. The Morgan fingerprint density at radius 2 is 1.60 bits per heavy atom. The minimum Gasteiger partial charge on any atom is -0.497 e. The Morgan fingerprint density at radius 3 is 2.30 bits per heavy atom. The van der Waals surface area contributed by atoms with E-state index in [-0.39, 0.29) is 5.78 Å². The number of benzene rings is 3. The monoisotopic (exact) mass is 422 g/mol. The van der Waals surface area contributed by atoms with Gasteiger partial charge in [-0.3, -0.25) is 4.79 Å². The van der Waals surface area contributed by atoms with Crippen molar-refractivity contribution in [2.24, 2.45) is 0 Å². The Balaban J connectivity index is 1.82. The molecule has 0 atom stereocenters. The standard InChI is InChI=1S/C24H19ClO5/c1-28-19-12-14-23(29-2)20(15-19)21(26)13-9-16-5-3-4-6-22(16)30-24(27)17-7-10-18(25)11-8-17/h3-15H,1-2H3. The summed E-state index contributed by atoms with van der Waals surface area (Å²) in [6.07, 6.45) is 2.98. The molecule has 3 aromatic rings. The number of ketones is 1. The molecule has 0 spiro atoms. The smallest absolute Gasteiger partial charge is 0.343 e. The van der Waals surface area contributed by atoms with E-state index in [4.69, 9.17) is 25.8 Å². The van der Waals surface area contributed by atoms with Crippen molar-refractivity contribution in [3.63, 3.8) is 0 Å². The third kappa shape index (κ3) is 5.07. The Morgan fingerprint density at radius 1 is 0.867 bits per heavy atom. The Hall–Kier alpha value is -3.57. The Kier molecular flexibility index (Phi) is 6.88. The number of ether oxygens (including phenoxy) is 3. The summed E-state index contributed by atoms with van der Waals surface area (Å²) >= 11 is 5.85. The molecule has 0 heterocycles. The van der Waals surface area contributed by atoms with Crippen molar-refractivity contribution in [2.75, 3.05) is 14.2 Å². The lowest BCUT2D eigenvalue weighted by Crippen LogP contribution is -2.09. The first-order chi connectivity index (χ1) is 14.5. The van der Waals surface area contributed by atoms with Gasteiger partial charge in [0, 0.05) is 10.6 Å². The second-order valence-corrected chi connectivity index (χ2v) is 6.63. The zero-order chi connectivity index (χ0) is 21.5. The normalized spacial score (nSPS) is 10.6. The van der Waals surface area contributed by atoms with Gasteiger partial charge in [0.1, 0.15) is 17.2 Å². The highest BCUT2D eigenvalue weighted by atomic mass is 35.5. The van der Waals surface area contributed by atoms with Crippen molar-refractivity contribution in [1.82, 2.24) is 0 Å². The molecule has 0 amide bonds. The number of hydrogen-bond acceptors (Lipinski definition) is 5. The average molecular weight is 423 g/mol. The van der Waals surface area contributed by atoms with Gasteiger partial charge in [0.25, 0.3) is 0 Å². The van der Waals surface area contributed by atoms with Crippen LogP contribution in [0.1, 0.15) is 26.3 Å². The lowest BCUT2D eigenvalue weighted by molar-refractivity contribution is 0.0734. The van der Waals surface area contributed by atoms with Crippen LogP contribution in [0.5, 0.6) is 17.2 Å². The van der Waals surface area contributed by atoms with E-state index in [2.05, 4.69) is 0 Å². The van der Waals surface area contributed by atoms with Crippen LogP contribution in [0.15, 0.2) is 72.8 Å². The summed E-state index contributed by atoms with van der Waals surface area (Å²) in [6.45, 7) is 0. The second-order valence-electron chi connectivity index (χ2n) is 6.20. The number of hydrogen-bond donors (Lipinski definition) is 0. The minimum atomic E-state index is -0.520. The quantitative estimate of drug-likeness (QED) is 0.218. The minimum absolute atomic E-state index is 0.274. The highest BCUT2D eigenvalue weighted by Crippen LogP contribution is 2.26. The zero-order valence-corrected chi connectivity index (χ0v) is 17.2. The topological polar surface area (TPSA) is 61.8 Å². The highest BCUT2D eigenvalue weighted by Gasteiger charge is 2.13. The van der Waals surface area contributed by atoms with Gasteiger partial charge in [-0.25, -0.2) is 4.79 Å². The molecule has 0 fully saturated rings. The number of carbonyl (C=O) groups is 2. The molecule has 0 aliphatic rings. The van der Waals surface area contributed by atoms with Crippen LogP contribution >= 0.6 is 11.6 Å². The fraction of sp³-hybridized carbons (Fsp3) is 0.0833. The first-order valence-electron chi connectivity index (χ1n) is 9.03. The van der Waals surface area contributed by atoms with E-state index < -0.39 is 5.97 Å². The zero-order valence-electron chi connectivity index (χ0n) is 16.4. The SMILES string of the molecule is COc1ccc(OC)c(C(=O)C=Cc2ccccc2OC(=O)c2ccc(Cl)cc2)c1. The van der Waals surface area contributed by atoms with Gasteiger partial charge in [-0.15, -0.1) is 0 Å². The van der Waals surface area contributed by atoms with Crippen molar-refractivity contribution in [1.29, 1.82) is 0 Å². The van der Waals surface area contributed by atoms with Crippen LogP contribution in [0.2, 0.25) is 5.02 Å². The van der Waals surface area contributed by atoms with Crippen LogP contribution in [-0.2, 0) is 0 Å². The van der Waals surface area contributed by atoms with Gasteiger partial charge in [-0.1, -0.05) is 29.8 Å². The largest absolute Gasteiger partial charge is 0.497 e. The molecular formula is C24H19ClO5. The molecule has 3 rings (SSSR count). The van der Waals surface area contributed by atoms with E-state index in [1.54, 1.807) is 72.8 Å². The number of allylic oxidation sites excluding steroid dienone is 1. The maximum Gasteiger partial charge on any atom is 0.343 e. The van der Waals surface area contributed by atoms with E-state index in [9.17, 15) is 9.59 Å². The molecule has 0 radical (unpaired) electrons. The molecule has 0 saturated carbocycles. The maximum atomic E-state index is 12.7. The molecule has 0 unspecified atom stereocenters. The second kappa shape index (κ2) is 9.76. The van der Waals surface area contributed by atoms with Crippen LogP contribution in [0, 0.1) is 0 Å². The third-order valence-corrected chi connectivity index (χ3v) is 4.54. The maximum absolute atomic E-state index is 12.7. The van der Waals surface area contributed by atoms with Crippen molar-refractivity contribution in [3.05, 3.63) is 94.5 Å². The predicted octanol–water partition coefficient (Wildman–Crippen LogP) is 5.47. The molecule has 0 aromatic heterocycles. The van der Waals surface area contributed by atoms with Gasteiger partial charge < -0.3 is 14.2 Å². The predicted molar refractivity (Wildman–Crippen MR) is 116 cm³/mol. The average Bonchev–Trinajstić information content (AvgIpc) is 2.78. The van der Waals surface area contributed by atoms with Gasteiger partial charge in [0.15, 0.2) is 5.78 Å². The first kappa shape index (κ1) is 21.1. The number of para-hydroxylation sites is 1. The summed E-state index contributed by atoms with van der Waals surface area (Å²) in [4.78, 5) is 25.1. The van der Waals surface area contributed by atoms with Crippen molar-refractivity contribution in [2.45, 2.75) is 0 Å². The van der Waals surface area contributed by atoms with E-state index in [1.807, 2.05) is 0 Å². The summed E-state index contributed by atoms with van der Waals surface area (Å²) in [5.74, 6) is 0.523. The number of halogens is 1. The number of carbonyl (C=O) groups excluding carboxylic acids is 2. The molecule has 0 bridgehead atoms. The van der Waals surface area contributed by atoms with Gasteiger partial charge in [0.05, 0.1) is 25.3 Å².